The van der Waals surface area contributed by atoms with E-state index in [1.807, 2.05) is 13.8 Å². The van der Waals surface area contributed by atoms with Gasteiger partial charge in [0.2, 0.25) is 0 Å². The average Bonchev–Trinajstić information content (AvgIpc) is 2.02. The van der Waals surface area contributed by atoms with E-state index in [2.05, 4.69) is 15.9 Å². The van der Waals surface area contributed by atoms with Gasteiger partial charge in [0.1, 0.15) is 5.60 Å². The summed E-state index contributed by atoms with van der Waals surface area (Å²) in [6.45, 7) is 3.78. The van der Waals surface area contributed by atoms with Crippen LogP contribution in [0.3, 0.4) is 0 Å². The van der Waals surface area contributed by atoms with Gasteiger partial charge in [-0.1, -0.05) is 26.7 Å². The van der Waals surface area contributed by atoms with Crippen molar-refractivity contribution in [3.05, 3.63) is 0 Å². The molecule has 0 aliphatic heterocycles. The van der Waals surface area contributed by atoms with E-state index in [1.165, 1.54) is 0 Å². The predicted molar refractivity (Wildman–Crippen MR) is 55.6 cm³/mol. The summed E-state index contributed by atoms with van der Waals surface area (Å²) in [6.07, 6.45) is 2.50. The Labute approximate surface area is 92.0 Å². The molecule has 0 saturated heterocycles. The Morgan fingerprint density at radius 2 is 2.00 bits per heavy atom. The van der Waals surface area contributed by atoms with Crippen LogP contribution in [0, 0.1) is 11.8 Å². The zero-order chi connectivity index (χ0) is 11.0. The van der Waals surface area contributed by atoms with E-state index in [9.17, 15) is 13.9 Å². The monoisotopic (exact) mass is 270 g/mol. The van der Waals surface area contributed by atoms with Crippen LogP contribution in [0.1, 0.15) is 39.5 Å². The molecular formula is C10H17BrF2O. The highest BCUT2D eigenvalue weighted by Crippen LogP contribution is 2.49. The lowest BCUT2D eigenvalue weighted by molar-refractivity contribution is -0.176. The van der Waals surface area contributed by atoms with Crippen LogP contribution in [0.2, 0.25) is 0 Å². The Kier molecular flexibility index (Phi) is 3.58. The lowest BCUT2D eigenvalue weighted by Gasteiger charge is -2.44. The third-order valence-electron chi connectivity index (χ3n) is 3.23. The standard InChI is InChI=1S/C10H17BrF2O/c1-7(2)8-5-3-4-6-9(8,14)10(11,12)13/h7-8,14H,3-6H2,1-2H3. The zero-order valence-electron chi connectivity index (χ0n) is 8.56. The second-order valence-corrected chi connectivity index (χ2v) is 5.51. The van der Waals surface area contributed by atoms with Gasteiger partial charge >= 0.3 is 4.83 Å². The van der Waals surface area contributed by atoms with Gasteiger partial charge in [-0.3, -0.25) is 0 Å². The van der Waals surface area contributed by atoms with Crippen LogP contribution in [0.5, 0.6) is 0 Å². The van der Waals surface area contributed by atoms with Crippen LogP contribution in [0.15, 0.2) is 0 Å². The molecule has 0 aromatic rings. The van der Waals surface area contributed by atoms with Crippen molar-refractivity contribution in [3.8, 4) is 0 Å². The Hall–Kier alpha value is 0.300. The van der Waals surface area contributed by atoms with Crippen LogP contribution >= 0.6 is 15.9 Å². The van der Waals surface area contributed by atoms with Gasteiger partial charge in [0.05, 0.1) is 0 Å². The highest BCUT2D eigenvalue weighted by atomic mass is 79.9. The number of hydrogen-bond donors (Lipinski definition) is 1. The molecule has 1 rings (SSSR count). The quantitative estimate of drug-likeness (QED) is 0.761. The summed E-state index contributed by atoms with van der Waals surface area (Å²) >= 11 is 2.32. The molecule has 0 radical (unpaired) electrons. The van der Waals surface area contributed by atoms with E-state index in [1.54, 1.807) is 0 Å². The first-order valence-electron chi connectivity index (χ1n) is 5.08. The molecule has 0 aromatic carbocycles. The van der Waals surface area contributed by atoms with Crippen LogP contribution in [0.25, 0.3) is 0 Å². The highest BCUT2D eigenvalue weighted by Gasteiger charge is 2.56. The first-order chi connectivity index (χ1) is 6.29. The fraction of sp³-hybridized carbons (Fsp3) is 1.00. The van der Waals surface area contributed by atoms with E-state index < -0.39 is 10.4 Å². The smallest absolute Gasteiger partial charge is 0.329 e. The highest BCUT2D eigenvalue weighted by molar-refractivity contribution is 9.10. The molecule has 1 aliphatic rings. The van der Waals surface area contributed by atoms with Gasteiger partial charge in [-0.05, 0) is 40.6 Å². The Balaban J connectivity index is 2.91. The first-order valence-corrected chi connectivity index (χ1v) is 5.87. The van der Waals surface area contributed by atoms with Crippen LogP contribution in [-0.4, -0.2) is 15.5 Å². The zero-order valence-corrected chi connectivity index (χ0v) is 10.2. The fourth-order valence-corrected chi connectivity index (χ4v) is 2.91. The Morgan fingerprint density at radius 1 is 1.43 bits per heavy atom. The van der Waals surface area contributed by atoms with E-state index in [4.69, 9.17) is 0 Å². The van der Waals surface area contributed by atoms with Crippen molar-refractivity contribution in [1.82, 2.24) is 0 Å². The molecule has 1 nitrogen and oxygen atoms in total. The number of aliphatic hydroxyl groups is 1. The summed E-state index contributed by atoms with van der Waals surface area (Å²) in [5, 5.41) is 10.0. The maximum Gasteiger partial charge on any atom is 0.329 e. The van der Waals surface area contributed by atoms with Gasteiger partial charge in [0, 0.05) is 0 Å². The lowest BCUT2D eigenvalue weighted by Crippen LogP contribution is -2.53. The molecule has 0 amide bonds. The summed E-state index contributed by atoms with van der Waals surface area (Å²) in [7, 11) is 0. The average molecular weight is 271 g/mol. The second kappa shape index (κ2) is 4.05. The molecule has 0 aromatic heterocycles. The fourth-order valence-electron chi connectivity index (χ4n) is 2.42. The van der Waals surface area contributed by atoms with Crippen molar-refractivity contribution in [2.45, 2.75) is 50.0 Å². The van der Waals surface area contributed by atoms with Crippen LogP contribution in [0.4, 0.5) is 8.78 Å². The Morgan fingerprint density at radius 3 is 2.36 bits per heavy atom. The largest absolute Gasteiger partial charge is 0.382 e. The predicted octanol–water partition coefficient (Wildman–Crippen LogP) is 3.55. The summed E-state index contributed by atoms with van der Waals surface area (Å²) in [4.78, 5) is -3.17. The van der Waals surface area contributed by atoms with Gasteiger partial charge in [0.15, 0.2) is 0 Å². The molecule has 1 fully saturated rings. The molecule has 0 heterocycles. The maximum absolute atomic E-state index is 13.3. The molecule has 14 heavy (non-hydrogen) atoms. The van der Waals surface area contributed by atoms with Crippen molar-refractivity contribution in [2.24, 2.45) is 11.8 Å². The van der Waals surface area contributed by atoms with Crippen molar-refractivity contribution < 1.29 is 13.9 Å². The van der Waals surface area contributed by atoms with Gasteiger partial charge in [0.25, 0.3) is 0 Å². The van der Waals surface area contributed by atoms with Crippen LogP contribution < -0.4 is 0 Å². The molecular weight excluding hydrogens is 254 g/mol. The number of rotatable bonds is 2. The summed E-state index contributed by atoms with van der Waals surface area (Å²) in [6, 6.07) is 0. The van der Waals surface area contributed by atoms with Crippen molar-refractivity contribution in [1.29, 1.82) is 0 Å². The molecule has 0 spiro atoms. The van der Waals surface area contributed by atoms with Crippen molar-refractivity contribution in [2.75, 3.05) is 0 Å². The van der Waals surface area contributed by atoms with Crippen molar-refractivity contribution >= 4 is 15.9 Å². The summed E-state index contributed by atoms with van der Waals surface area (Å²) in [5.74, 6) is -0.227. The molecule has 1 aliphatic carbocycles. The third kappa shape index (κ3) is 2.11. The molecule has 1 N–H and O–H groups in total. The first kappa shape index (κ1) is 12.4. The van der Waals surface area contributed by atoms with E-state index >= 15 is 0 Å². The molecule has 1 saturated carbocycles. The Bertz CT molecular complexity index is 203. The van der Waals surface area contributed by atoms with E-state index in [0.717, 1.165) is 6.42 Å². The maximum atomic E-state index is 13.3. The van der Waals surface area contributed by atoms with Gasteiger partial charge < -0.3 is 5.11 Å². The third-order valence-corrected chi connectivity index (χ3v) is 3.92. The lowest BCUT2D eigenvalue weighted by atomic mass is 9.70. The number of halogens is 3. The van der Waals surface area contributed by atoms with Gasteiger partial charge in [-0.15, -0.1) is 0 Å². The molecule has 2 atom stereocenters. The van der Waals surface area contributed by atoms with E-state index in [-0.39, 0.29) is 18.3 Å². The number of hydrogen-bond acceptors (Lipinski definition) is 1. The molecule has 84 valence electrons. The number of alkyl halides is 3. The summed E-state index contributed by atoms with van der Waals surface area (Å²) < 4.78 is 26.5. The normalized spacial score (nSPS) is 34.9. The minimum atomic E-state index is -3.17. The molecule has 2 unspecified atom stereocenters. The van der Waals surface area contributed by atoms with Crippen LogP contribution in [-0.2, 0) is 0 Å². The molecule has 4 heteroatoms. The van der Waals surface area contributed by atoms with E-state index in [0.29, 0.717) is 12.8 Å². The van der Waals surface area contributed by atoms with Gasteiger partial charge in [-0.25, -0.2) is 0 Å². The molecule has 0 bridgehead atoms. The topological polar surface area (TPSA) is 20.2 Å². The minimum Gasteiger partial charge on any atom is -0.382 e. The van der Waals surface area contributed by atoms with Crippen molar-refractivity contribution in [3.63, 3.8) is 0 Å². The second-order valence-electron chi connectivity index (χ2n) is 4.52. The van der Waals surface area contributed by atoms with Gasteiger partial charge in [-0.2, -0.15) is 8.78 Å². The minimum absolute atomic E-state index is 0.0868. The summed E-state index contributed by atoms with van der Waals surface area (Å²) in [5.41, 5.74) is -1.86. The SMILES string of the molecule is CC(C)C1CCCCC1(O)C(F)(F)Br.